The molecule has 8 nitrogen and oxygen atoms in total. The minimum absolute atomic E-state index is 0.0571. The Labute approximate surface area is 108 Å². The van der Waals surface area contributed by atoms with Crippen molar-refractivity contribution in [2.45, 2.75) is 6.92 Å². The number of ether oxygens (including phenoxy) is 2. The molecule has 0 saturated carbocycles. The van der Waals surface area contributed by atoms with E-state index < -0.39 is 16.5 Å². The molecule has 1 aromatic rings. The molecule has 0 aliphatic heterocycles. The molecule has 19 heavy (non-hydrogen) atoms. The number of nitrogens with one attached hydrogen (secondary N) is 1. The summed E-state index contributed by atoms with van der Waals surface area (Å²) < 4.78 is 9.91. The number of methoxy groups -OCH3 is 2. The van der Waals surface area contributed by atoms with Crippen LogP contribution in [0, 0.1) is 10.1 Å². The Hall–Kier alpha value is -2.64. The number of hydrogen-bond donors (Lipinski definition) is 1. The van der Waals surface area contributed by atoms with Gasteiger partial charge in [-0.15, -0.1) is 0 Å². The lowest BCUT2D eigenvalue weighted by atomic mass is 10.1. The maximum Gasteiger partial charge on any atom is 0.307 e. The number of aldehydes is 1. The molecule has 1 rings (SSSR count). The number of nitro groups is 1. The van der Waals surface area contributed by atoms with Crippen LogP contribution in [0.25, 0.3) is 0 Å². The van der Waals surface area contributed by atoms with E-state index in [0.717, 1.165) is 0 Å². The molecule has 0 aliphatic carbocycles. The molecule has 1 N–H and O–H groups in total. The van der Waals surface area contributed by atoms with Gasteiger partial charge < -0.3 is 14.8 Å². The SMILES string of the molecule is COc1cc(NC(C)=O)c([N+](=O)[O-])c(C=O)c1OC. The second-order valence-electron chi connectivity index (χ2n) is 3.48. The van der Waals surface area contributed by atoms with Crippen molar-refractivity contribution in [3.05, 3.63) is 21.7 Å². The molecule has 0 aromatic heterocycles. The van der Waals surface area contributed by atoms with Gasteiger partial charge in [0, 0.05) is 13.0 Å². The van der Waals surface area contributed by atoms with Gasteiger partial charge in [-0.1, -0.05) is 0 Å². The van der Waals surface area contributed by atoms with Gasteiger partial charge >= 0.3 is 5.69 Å². The molecular weight excluding hydrogens is 256 g/mol. The molecule has 0 radical (unpaired) electrons. The third kappa shape index (κ3) is 2.79. The van der Waals surface area contributed by atoms with E-state index in [4.69, 9.17) is 9.47 Å². The first-order valence-corrected chi connectivity index (χ1v) is 5.12. The number of carbonyl (C=O) groups excluding carboxylic acids is 2. The van der Waals surface area contributed by atoms with Gasteiger partial charge in [-0.25, -0.2) is 0 Å². The van der Waals surface area contributed by atoms with Crippen LogP contribution in [0.15, 0.2) is 6.07 Å². The van der Waals surface area contributed by atoms with Crippen LogP contribution in [-0.2, 0) is 4.79 Å². The second kappa shape index (κ2) is 5.80. The molecule has 0 bridgehead atoms. The zero-order chi connectivity index (χ0) is 14.6. The molecule has 0 fully saturated rings. The smallest absolute Gasteiger partial charge is 0.307 e. The third-order valence-corrected chi connectivity index (χ3v) is 2.29. The fourth-order valence-corrected chi connectivity index (χ4v) is 1.60. The van der Waals surface area contributed by atoms with Crippen LogP contribution in [0.5, 0.6) is 11.5 Å². The Morgan fingerprint density at radius 2 is 2.05 bits per heavy atom. The quantitative estimate of drug-likeness (QED) is 0.491. The Bertz CT molecular complexity index is 540. The van der Waals surface area contributed by atoms with E-state index in [-0.39, 0.29) is 29.0 Å². The standard InChI is InChI=1S/C11H12N2O6/c1-6(15)12-8-4-9(18-2)11(19-3)7(5-14)10(8)13(16)17/h4-5H,1-3H3,(H,12,15). The lowest BCUT2D eigenvalue weighted by molar-refractivity contribution is -0.384. The fraction of sp³-hybridized carbons (Fsp3) is 0.273. The maximum absolute atomic E-state index is 11.1. The first kappa shape index (κ1) is 14.4. The minimum atomic E-state index is -0.767. The van der Waals surface area contributed by atoms with Crippen molar-refractivity contribution in [2.24, 2.45) is 0 Å². The summed E-state index contributed by atoms with van der Waals surface area (Å²) in [6.07, 6.45) is 0.283. The van der Waals surface area contributed by atoms with Crippen molar-refractivity contribution in [3.8, 4) is 11.5 Å². The summed E-state index contributed by atoms with van der Waals surface area (Å²) in [5, 5.41) is 13.3. The number of anilines is 1. The van der Waals surface area contributed by atoms with E-state index in [2.05, 4.69) is 5.32 Å². The van der Waals surface area contributed by atoms with Crippen LogP contribution in [0.4, 0.5) is 11.4 Å². The number of hydrogen-bond acceptors (Lipinski definition) is 6. The van der Waals surface area contributed by atoms with Crippen LogP contribution >= 0.6 is 0 Å². The van der Waals surface area contributed by atoms with Crippen molar-refractivity contribution in [1.82, 2.24) is 0 Å². The number of amides is 1. The van der Waals surface area contributed by atoms with Gasteiger partial charge in [0.25, 0.3) is 0 Å². The van der Waals surface area contributed by atoms with E-state index in [1.165, 1.54) is 27.2 Å². The van der Waals surface area contributed by atoms with Crippen LogP contribution in [-0.4, -0.2) is 31.3 Å². The predicted octanol–water partition coefficient (Wildman–Crippen LogP) is 1.38. The fourth-order valence-electron chi connectivity index (χ4n) is 1.60. The average Bonchev–Trinajstić information content (AvgIpc) is 2.35. The Morgan fingerprint density at radius 3 is 2.42 bits per heavy atom. The first-order valence-electron chi connectivity index (χ1n) is 5.12. The highest BCUT2D eigenvalue weighted by molar-refractivity contribution is 5.98. The van der Waals surface area contributed by atoms with Crippen molar-refractivity contribution in [2.75, 3.05) is 19.5 Å². The Kier molecular flexibility index (Phi) is 4.41. The number of nitrogens with zero attached hydrogens (tertiary/aromatic N) is 1. The monoisotopic (exact) mass is 268 g/mol. The molecule has 8 heteroatoms. The van der Waals surface area contributed by atoms with Crippen molar-refractivity contribution >= 4 is 23.6 Å². The lowest BCUT2D eigenvalue weighted by Crippen LogP contribution is -2.10. The summed E-state index contributed by atoms with van der Waals surface area (Å²) in [7, 11) is 2.57. The van der Waals surface area contributed by atoms with Crippen molar-refractivity contribution in [1.29, 1.82) is 0 Å². The maximum atomic E-state index is 11.1. The summed E-state index contributed by atoms with van der Waals surface area (Å²) in [5.41, 5.74) is -0.962. The van der Waals surface area contributed by atoms with E-state index in [1.807, 2.05) is 0 Å². The summed E-state index contributed by atoms with van der Waals surface area (Å²) in [6, 6.07) is 1.23. The summed E-state index contributed by atoms with van der Waals surface area (Å²) in [5.74, 6) is -0.454. The summed E-state index contributed by atoms with van der Waals surface area (Å²) in [4.78, 5) is 32.4. The molecule has 0 unspecified atom stereocenters. The summed E-state index contributed by atoms with van der Waals surface area (Å²) in [6.45, 7) is 1.20. The highest BCUT2D eigenvalue weighted by Crippen LogP contribution is 2.41. The van der Waals surface area contributed by atoms with Gasteiger partial charge in [0.2, 0.25) is 5.91 Å². The minimum Gasteiger partial charge on any atom is -0.493 e. The van der Waals surface area contributed by atoms with Gasteiger partial charge in [0.05, 0.1) is 19.1 Å². The van der Waals surface area contributed by atoms with Crippen LogP contribution in [0.2, 0.25) is 0 Å². The molecule has 1 amide bonds. The Balaban J connectivity index is 3.67. The zero-order valence-corrected chi connectivity index (χ0v) is 10.6. The highest BCUT2D eigenvalue weighted by Gasteiger charge is 2.28. The predicted molar refractivity (Wildman–Crippen MR) is 65.9 cm³/mol. The number of nitro benzene ring substituents is 1. The molecule has 0 atom stereocenters. The lowest BCUT2D eigenvalue weighted by Gasteiger charge is -2.13. The van der Waals surface area contributed by atoms with E-state index >= 15 is 0 Å². The van der Waals surface area contributed by atoms with Gasteiger partial charge in [0.1, 0.15) is 11.3 Å². The van der Waals surface area contributed by atoms with Crippen molar-refractivity contribution < 1.29 is 24.0 Å². The van der Waals surface area contributed by atoms with E-state index in [1.54, 1.807) is 0 Å². The number of rotatable bonds is 5. The number of carbonyl (C=O) groups is 2. The molecule has 0 spiro atoms. The van der Waals surface area contributed by atoms with Crippen LogP contribution < -0.4 is 14.8 Å². The average molecular weight is 268 g/mol. The van der Waals surface area contributed by atoms with Gasteiger partial charge in [-0.3, -0.25) is 19.7 Å². The molecule has 0 aliphatic rings. The Morgan fingerprint density at radius 1 is 1.42 bits per heavy atom. The van der Waals surface area contributed by atoms with Gasteiger partial charge in [-0.2, -0.15) is 0 Å². The third-order valence-electron chi connectivity index (χ3n) is 2.29. The molecular formula is C11H12N2O6. The van der Waals surface area contributed by atoms with Crippen molar-refractivity contribution in [3.63, 3.8) is 0 Å². The number of benzene rings is 1. The van der Waals surface area contributed by atoms with Crippen LogP contribution in [0.1, 0.15) is 17.3 Å². The summed E-state index contributed by atoms with van der Waals surface area (Å²) >= 11 is 0. The van der Waals surface area contributed by atoms with E-state index in [0.29, 0.717) is 0 Å². The normalized spacial score (nSPS) is 9.63. The van der Waals surface area contributed by atoms with Gasteiger partial charge in [0.15, 0.2) is 17.8 Å². The highest BCUT2D eigenvalue weighted by atomic mass is 16.6. The molecule has 0 heterocycles. The first-order chi connectivity index (χ1) is 8.96. The molecule has 102 valence electrons. The zero-order valence-electron chi connectivity index (χ0n) is 10.6. The van der Waals surface area contributed by atoms with Gasteiger partial charge in [-0.05, 0) is 0 Å². The van der Waals surface area contributed by atoms with E-state index in [9.17, 15) is 19.7 Å². The molecule has 0 saturated heterocycles. The second-order valence-corrected chi connectivity index (χ2v) is 3.48. The largest absolute Gasteiger partial charge is 0.493 e. The topological polar surface area (TPSA) is 108 Å². The van der Waals surface area contributed by atoms with Crippen LogP contribution in [0.3, 0.4) is 0 Å². The molecule has 1 aromatic carbocycles.